The van der Waals surface area contributed by atoms with Gasteiger partial charge < -0.3 is 19.9 Å². The molecule has 0 bridgehead atoms. The van der Waals surface area contributed by atoms with Gasteiger partial charge in [0.2, 0.25) is 11.8 Å². The Morgan fingerprint density at radius 2 is 2.22 bits per heavy atom. The number of nitrogens with one attached hydrogen (secondary N) is 1. The summed E-state index contributed by atoms with van der Waals surface area (Å²) in [5.41, 5.74) is 1.85. The van der Waals surface area contributed by atoms with Gasteiger partial charge in [0.05, 0.1) is 19.0 Å². The molecule has 1 aliphatic rings. The molecule has 10 heteroatoms. The Hall–Kier alpha value is -2.37. The van der Waals surface area contributed by atoms with Crippen molar-refractivity contribution in [2.75, 3.05) is 38.7 Å². The molecule has 1 fully saturated rings. The van der Waals surface area contributed by atoms with Crippen molar-refractivity contribution in [1.82, 2.24) is 25.0 Å². The lowest BCUT2D eigenvalue weighted by molar-refractivity contribution is -0.120. The van der Waals surface area contributed by atoms with Gasteiger partial charge in [-0.1, -0.05) is 0 Å². The quantitative estimate of drug-likeness (QED) is 0.393. The van der Waals surface area contributed by atoms with Crippen LogP contribution in [0.25, 0.3) is 0 Å². The second-order valence-corrected chi connectivity index (χ2v) is 5.95. The molecule has 2 aromatic rings. The maximum absolute atomic E-state index is 12.5. The number of hydrogen-bond acceptors (Lipinski definition) is 5. The van der Waals surface area contributed by atoms with E-state index in [4.69, 9.17) is 4.74 Å². The summed E-state index contributed by atoms with van der Waals surface area (Å²) in [6, 6.07) is 3.78. The van der Waals surface area contributed by atoms with Gasteiger partial charge in [0.1, 0.15) is 6.54 Å². The summed E-state index contributed by atoms with van der Waals surface area (Å²) in [7, 11) is 5.14. The number of carbonyl (C=O) groups is 1. The molecule has 2 aromatic heterocycles. The van der Waals surface area contributed by atoms with Gasteiger partial charge in [0, 0.05) is 52.2 Å². The monoisotopic (exact) mass is 485 g/mol. The van der Waals surface area contributed by atoms with Gasteiger partial charge in [-0.25, -0.2) is 4.98 Å². The molecule has 1 amide bonds. The number of aromatic nitrogens is 3. The molecule has 0 spiro atoms. The number of guanidine groups is 1. The number of rotatable bonds is 4. The van der Waals surface area contributed by atoms with Crippen LogP contribution < -0.4 is 15.0 Å². The van der Waals surface area contributed by atoms with Crippen molar-refractivity contribution in [1.29, 1.82) is 0 Å². The molecule has 3 rings (SSSR count). The fourth-order valence-corrected chi connectivity index (χ4v) is 2.86. The van der Waals surface area contributed by atoms with Gasteiger partial charge in [-0.15, -0.1) is 24.0 Å². The average molecular weight is 485 g/mol. The van der Waals surface area contributed by atoms with Gasteiger partial charge in [0.15, 0.2) is 5.96 Å². The summed E-state index contributed by atoms with van der Waals surface area (Å²) in [6.07, 6.45) is 5.25. The van der Waals surface area contributed by atoms with Crippen molar-refractivity contribution in [2.24, 2.45) is 12.0 Å². The molecule has 27 heavy (non-hydrogen) atoms. The number of ether oxygens (including phenoxy) is 1. The minimum absolute atomic E-state index is 0. The van der Waals surface area contributed by atoms with Gasteiger partial charge >= 0.3 is 0 Å². The molecule has 0 radical (unpaired) electrons. The van der Waals surface area contributed by atoms with Crippen molar-refractivity contribution in [2.45, 2.75) is 6.54 Å². The highest BCUT2D eigenvalue weighted by molar-refractivity contribution is 14.0. The number of nitrogens with zero attached hydrogens (tertiary/aromatic N) is 6. The molecule has 0 atom stereocenters. The van der Waals surface area contributed by atoms with E-state index < -0.39 is 0 Å². The van der Waals surface area contributed by atoms with Gasteiger partial charge in [-0.3, -0.25) is 14.5 Å². The SMILES string of the molecule is CN=C(NCc1ccnc(OC)c1)N1CCN(c2cnn(C)c2)C(=O)C1.I. The summed E-state index contributed by atoms with van der Waals surface area (Å²) in [5.74, 6) is 1.29. The number of carbonyl (C=O) groups excluding carboxylic acids is 1. The zero-order valence-corrected chi connectivity index (χ0v) is 18.0. The zero-order valence-electron chi connectivity index (χ0n) is 15.6. The van der Waals surface area contributed by atoms with E-state index in [2.05, 4.69) is 20.4 Å². The molecular formula is C17H24IN7O2. The van der Waals surface area contributed by atoms with E-state index in [1.165, 1.54) is 0 Å². The highest BCUT2D eigenvalue weighted by atomic mass is 127. The Morgan fingerprint density at radius 1 is 1.41 bits per heavy atom. The number of anilines is 1. The van der Waals surface area contributed by atoms with Crippen LogP contribution in [0.15, 0.2) is 35.7 Å². The molecule has 146 valence electrons. The smallest absolute Gasteiger partial charge is 0.246 e. The van der Waals surface area contributed by atoms with Crippen LogP contribution in [-0.2, 0) is 18.4 Å². The topological polar surface area (TPSA) is 87.9 Å². The Bertz CT molecular complexity index is 808. The molecule has 9 nitrogen and oxygen atoms in total. The molecule has 0 aromatic carbocycles. The van der Waals surface area contributed by atoms with Crippen LogP contribution in [0.2, 0.25) is 0 Å². The maximum atomic E-state index is 12.5. The lowest BCUT2D eigenvalue weighted by Crippen LogP contribution is -2.55. The van der Waals surface area contributed by atoms with Gasteiger partial charge in [0.25, 0.3) is 0 Å². The van der Waals surface area contributed by atoms with E-state index in [1.54, 1.807) is 36.1 Å². The zero-order chi connectivity index (χ0) is 18.5. The van der Waals surface area contributed by atoms with E-state index in [0.717, 1.165) is 11.3 Å². The number of methoxy groups -OCH3 is 1. The summed E-state index contributed by atoms with van der Waals surface area (Å²) < 4.78 is 6.83. The molecule has 0 aliphatic carbocycles. The number of amides is 1. The molecule has 1 aliphatic heterocycles. The maximum Gasteiger partial charge on any atom is 0.246 e. The molecule has 3 heterocycles. The minimum Gasteiger partial charge on any atom is -0.481 e. The van der Waals surface area contributed by atoms with Crippen LogP contribution in [0, 0.1) is 0 Å². The van der Waals surface area contributed by atoms with Crippen molar-refractivity contribution in [3.05, 3.63) is 36.3 Å². The van der Waals surface area contributed by atoms with Crippen LogP contribution in [0.1, 0.15) is 5.56 Å². The van der Waals surface area contributed by atoms with Crippen LogP contribution in [-0.4, -0.2) is 65.3 Å². The Kier molecular flexibility index (Phi) is 7.39. The highest BCUT2D eigenvalue weighted by Crippen LogP contribution is 2.16. The first-order valence-corrected chi connectivity index (χ1v) is 8.34. The Morgan fingerprint density at radius 3 is 2.85 bits per heavy atom. The molecule has 0 unspecified atom stereocenters. The minimum atomic E-state index is 0. The lowest BCUT2D eigenvalue weighted by atomic mass is 10.2. The second kappa shape index (κ2) is 9.53. The normalized spacial score (nSPS) is 14.8. The number of pyridine rings is 1. The predicted octanol–water partition coefficient (Wildman–Crippen LogP) is 0.866. The van der Waals surface area contributed by atoms with Crippen LogP contribution >= 0.6 is 24.0 Å². The first kappa shape index (κ1) is 20.9. The largest absolute Gasteiger partial charge is 0.481 e. The number of aryl methyl sites for hydroxylation is 1. The van der Waals surface area contributed by atoms with Crippen LogP contribution in [0.4, 0.5) is 5.69 Å². The molecule has 1 saturated heterocycles. The van der Waals surface area contributed by atoms with Gasteiger partial charge in [-0.05, 0) is 11.6 Å². The number of piperazine rings is 1. The van der Waals surface area contributed by atoms with Gasteiger partial charge in [-0.2, -0.15) is 5.10 Å². The standard InChI is InChI=1S/C17H23N7O2.HI/c1-18-17(20-9-13-4-5-19-15(8-13)26-3)23-6-7-24(16(25)12-23)14-10-21-22(2)11-14;/h4-5,8,10-11H,6-7,9,12H2,1-3H3,(H,18,20);1H. The lowest BCUT2D eigenvalue weighted by Gasteiger charge is -2.35. The highest BCUT2D eigenvalue weighted by Gasteiger charge is 2.27. The average Bonchev–Trinajstić information content (AvgIpc) is 3.08. The van der Waals surface area contributed by atoms with E-state index in [-0.39, 0.29) is 36.4 Å². The van der Waals surface area contributed by atoms with Crippen LogP contribution in [0.5, 0.6) is 5.88 Å². The third kappa shape index (κ3) is 5.08. The Balaban J connectivity index is 0.00000261. The van der Waals surface area contributed by atoms with Crippen molar-refractivity contribution >= 4 is 41.5 Å². The third-order valence-electron chi connectivity index (χ3n) is 4.19. The summed E-state index contributed by atoms with van der Waals surface area (Å²) in [5, 5.41) is 7.42. The molecule has 0 saturated carbocycles. The predicted molar refractivity (Wildman–Crippen MR) is 114 cm³/mol. The fourth-order valence-electron chi connectivity index (χ4n) is 2.86. The van der Waals surface area contributed by atoms with E-state index in [9.17, 15) is 4.79 Å². The summed E-state index contributed by atoms with van der Waals surface area (Å²) in [6.45, 7) is 2.13. The van der Waals surface area contributed by atoms with Crippen molar-refractivity contribution < 1.29 is 9.53 Å². The Labute approximate surface area is 175 Å². The molecular weight excluding hydrogens is 461 g/mol. The first-order chi connectivity index (χ1) is 12.6. The van der Waals surface area contributed by atoms with Crippen LogP contribution in [0.3, 0.4) is 0 Å². The number of halogens is 1. The first-order valence-electron chi connectivity index (χ1n) is 8.34. The van der Waals surface area contributed by atoms with E-state index in [0.29, 0.717) is 31.5 Å². The van der Waals surface area contributed by atoms with E-state index >= 15 is 0 Å². The molecule has 1 N–H and O–H groups in total. The van der Waals surface area contributed by atoms with Crippen molar-refractivity contribution in [3.63, 3.8) is 0 Å². The summed E-state index contributed by atoms with van der Waals surface area (Å²) >= 11 is 0. The third-order valence-corrected chi connectivity index (χ3v) is 4.19. The second-order valence-electron chi connectivity index (χ2n) is 5.95. The number of aliphatic imine (C=N–C) groups is 1. The number of hydrogen-bond donors (Lipinski definition) is 1. The van der Waals surface area contributed by atoms with E-state index in [1.807, 2.05) is 30.3 Å². The fraction of sp³-hybridized carbons (Fsp3) is 0.412. The van der Waals surface area contributed by atoms with Crippen molar-refractivity contribution in [3.8, 4) is 5.88 Å². The summed E-state index contributed by atoms with van der Waals surface area (Å²) in [4.78, 5) is 24.6.